The number of nitriles is 1. The topological polar surface area (TPSA) is 81.6 Å². The van der Waals surface area contributed by atoms with Gasteiger partial charge in [-0.1, -0.05) is 31.2 Å². The SMILES string of the molecule is CCC1CCc2c(sc(NC(=O)CSc3nc4ccc(C)cc4[nH]3)c2C#N)C1. The number of carbonyl (C=O) groups excluding carboxylic acids is 1. The third-order valence-corrected chi connectivity index (χ3v) is 7.31. The molecule has 7 heteroatoms. The normalized spacial score (nSPS) is 16.0. The molecule has 0 fully saturated rings. The predicted octanol–water partition coefficient (Wildman–Crippen LogP) is 5.05. The lowest BCUT2D eigenvalue weighted by molar-refractivity contribution is -0.113. The van der Waals surface area contributed by atoms with Crippen LogP contribution in [0.2, 0.25) is 0 Å². The van der Waals surface area contributed by atoms with Crippen molar-refractivity contribution in [2.45, 2.75) is 44.7 Å². The van der Waals surface area contributed by atoms with Gasteiger partial charge in [0.15, 0.2) is 5.16 Å². The molecular formula is C21H22N4OS2. The van der Waals surface area contributed by atoms with Gasteiger partial charge in [0.2, 0.25) is 5.91 Å². The number of benzene rings is 1. The van der Waals surface area contributed by atoms with Gasteiger partial charge in [0, 0.05) is 4.88 Å². The zero-order chi connectivity index (χ0) is 19.7. The maximum absolute atomic E-state index is 12.5. The number of hydrogen-bond acceptors (Lipinski definition) is 5. The molecule has 2 N–H and O–H groups in total. The Kier molecular flexibility index (Phi) is 5.42. The van der Waals surface area contributed by atoms with E-state index in [0.717, 1.165) is 47.4 Å². The number of hydrogen-bond donors (Lipinski definition) is 2. The number of H-pyrrole nitrogens is 1. The molecule has 0 saturated carbocycles. The van der Waals surface area contributed by atoms with Crippen molar-refractivity contribution in [1.82, 2.24) is 9.97 Å². The lowest BCUT2D eigenvalue weighted by atomic mass is 9.86. The highest BCUT2D eigenvalue weighted by Gasteiger charge is 2.25. The summed E-state index contributed by atoms with van der Waals surface area (Å²) in [7, 11) is 0. The van der Waals surface area contributed by atoms with Crippen molar-refractivity contribution >= 4 is 45.0 Å². The minimum absolute atomic E-state index is 0.108. The Morgan fingerprint density at radius 1 is 1.50 bits per heavy atom. The third kappa shape index (κ3) is 3.80. The highest BCUT2D eigenvalue weighted by atomic mass is 32.2. The average molecular weight is 411 g/mol. The molecule has 1 amide bonds. The standard InChI is InChI=1S/C21H22N4OS2/c1-3-13-5-6-14-15(10-22)20(28-18(14)9-13)25-19(26)11-27-21-23-16-7-4-12(2)8-17(16)24-21/h4,7-8,13H,3,5-6,9,11H2,1-2H3,(H,23,24)(H,25,26). The fourth-order valence-corrected chi connectivity index (χ4v) is 5.69. The molecule has 5 nitrogen and oxygen atoms in total. The minimum atomic E-state index is -0.108. The van der Waals surface area contributed by atoms with E-state index in [-0.39, 0.29) is 11.7 Å². The van der Waals surface area contributed by atoms with Gasteiger partial charge in [0.05, 0.1) is 22.3 Å². The van der Waals surface area contributed by atoms with Crippen molar-refractivity contribution in [1.29, 1.82) is 5.26 Å². The number of aromatic amines is 1. The Labute approximate surface area is 172 Å². The number of amides is 1. The molecule has 144 valence electrons. The van der Waals surface area contributed by atoms with Gasteiger partial charge in [-0.2, -0.15) is 5.26 Å². The number of imidazole rings is 1. The molecule has 1 aromatic carbocycles. The first kappa shape index (κ1) is 19.0. The molecule has 1 aliphatic carbocycles. The van der Waals surface area contributed by atoms with Gasteiger partial charge in [-0.3, -0.25) is 4.79 Å². The molecule has 0 saturated heterocycles. The first-order valence-corrected chi connectivity index (χ1v) is 11.3. The van der Waals surface area contributed by atoms with Crippen LogP contribution in [-0.2, 0) is 17.6 Å². The van der Waals surface area contributed by atoms with Crippen molar-refractivity contribution in [3.05, 3.63) is 39.8 Å². The van der Waals surface area contributed by atoms with E-state index in [9.17, 15) is 10.1 Å². The first-order chi connectivity index (χ1) is 13.6. The third-order valence-electron chi connectivity index (χ3n) is 5.27. The monoisotopic (exact) mass is 410 g/mol. The molecule has 1 aliphatic rings. The van der Waals surface area contributed by atoms with Crippen LogP contribution in [0.1, 0.15) is 41.3 Å². The van der Waals surface area contributed by atoms with Gasteiger partial charge in [0.25, 0.3) is 0 Å². The highest BCUT2D eigenvalue weighted by Crippen LogP contribution is 2.40. The molecule has 4 rings (SSSR count). The Bertz CT molecular complexity index is 1080. The molecule has 0 bridgehead atoms. The Morgan fingerprint density at radius 2 is 2.36 bits per heavy atom. The molecule has 2 heterocycles. The summed E-state index contributed by atoms with van der Waals surface area (Å²) >= 11 is 2.95. The van der Waals surface area contributed by atoms with Gasteiger partial charge in [-0.15, -0.1) is 11.3 Å². The van der Waals surface area contributed by atoms with Gasteiger partial charge in [0.1, 0.15) is 11.1 Å². The highest BCUT2D eigenvalue weighted by molar-refractivity contribution is 7.99. The summed E-state index contributed by atoms with van der Waals surface area (Å²) in [5.74, 6) is 0.835. The van der Waals surface area contributed by atoms with E-state index in [2.05, 4.69) is 28.3 Å². The molecule has 2 aromatic heterocycles. The smallest absolute Gasteiger partial charge is 0.235 e. The Balaban J connectivity index is 1.43. The number of thioether (sulfide) groups is 1. The average Bonchev–Trinajstić information content (AvgIpc) is 3.25. The molecular weight excluding hydrogens is 388 g/mol. The van der Waals surface area contributed by atoms with Crippen molar-refractivity contribution in [2.24, 2.45) is 5.92 Å². The number of fused-ring (bicyclic) bond motifs is 2. The Hall–Kier alpha value is -2.30. The summed E-state index contributed by atoms with van der Waals surface area (Å²) in [6, 6.07) is 8.36. The van der Waals surface area contributed by atoms with Crippen LogP contribution < -0.4 is 5.32 Å². The molecule has 0 radical (unpaired) electrons. The number of rotatable bonds is 5. The first-order valence-electron chi connectivity index (χ1n) is 9.51. The summed E-state index contributed by atoms with van der Waals surface area (Å²) < 4.78 is 0. The second kappa shape index (κ2) is 7.98. The van der Waals surface area contributed by atoms with Crippen molar-refractivity contribution in [3.8, 4) is 6.07 Å². The molecule has 0 spiro atoms. The van der Waals surface area contributed by atoms with E-state index in [1.165, 1.54) is 22.2 Å². The van der Waals surface area contributed by atoms with Crippen LogP contribution >= 0.6 is 23.1 Å². The zero-order valence-corrected chi connectivity index (χ0v) is 17.6. The number of nitrogens with zero attached hydrogens (tertiary/aromatic N) is 2. The van der Waals surface area contributed by atoms with E-state index < -0.39 is 0 Å². The van der Waals surface area contributed by atoms with Crippen LogP contribution in [0, 0.1) is 24.2 Å². The second-order valence-electron chi connectivity index (χ2n) is 7.24. The largest absolute Gasteiger partial charge is 0.333 e. The van der Waals surface area contributed by atoms with Gasteiger partial charge in [-0.05, 0) is 55.4 Å². The molecule has 1 atom stereocenters. The van der Waals surface area contributed by atoms with E-state index in [1.807, 2.05) is 25.1 Å². The number of aryl methyl sites for hydroxylation is 1. The van der Waals surface area contributed by atoms with Crippen LogP contribution in [0.3, 0.4) is 0 Å². The predicted molar refractivity (Wildman–Crippen MR) is 115 cm³/mol. The molecule has 28 heavy (non-hydrogen) atoms. The van der Waals surface area contributed by atoms with Crippen LogP contribution in [0.4, 0.5) is 5.00 Å². The Morgan fingerprint density at radius 3 is 3.14 bits per heavy atom. The van der Waals surface area contributed by atoms with Crippen molar-refractivity contribution < 1.29 is 4.79 Å². The van der Waals surface area contributed by atoms with Crippen LogP contribution in [0.5, 0.6) is 0 Å². The van der Waals surface area contributed by atoms with E-state index >= 15 is 0 Å². The maximum Gasteiger partial charge on any atom is 0.235 e. The van der Waals surface area contributed by atoms with Crippen LogP contribution in [0.25, 0.3) is 11.0 Å². The summed E-state index contributed by atoms with van der Waals surface area (Å²) in [4.78, 5) is 21.5. The number of thiophene rings is 1. The van der Waals surface area contributed by atoms with E-state index in [1.54, 1.807) is 11.3 Å². The lowest BCUT2D eigenvalue weighted by Gasteiger charge is -2.20. The van der Waals surface area contributed by atoms with Gasteiger partial charge >= 0.3 is 0 Å². The summed E-state index contributed by atoms with van der Waals surface area (Å²) in [6.07, 6.45) is 4.25. The molecule has 0 aliphatic heterocycles. The fourth-order valence-electron chi connectivity index (χ4n) is 3.67. The van der Waals surface area contributed by atoms with E-state index in [0.29, 0.717) is 16.5 Å². The number of aromatic nitrogens is 2. The molecule has 1 unspecified atom stereocenters. The number of nitrogens with one attached hydrogen (secondary N) is 2. The van der Waals surface area contributed by atoms with E-state index in [4.69, 9.17) is 0 Å². The zero-order valence-electron chi connectivity index (χ0n) is 16.0. The van der Waals surface area contributed by atoms with Crippen LogP contribution in [-0.4, -0.2) is 21.6 Å². The minimum Gasteiger partial charge on any atom is -0.333 e. The number of anilines is 1. The summed E-state index contributed by atoms with van der Waals surface area (Å²) in [6.45, 7) is 4.25. The fraction of sp³-hybridized carbons (Fsp3) is 0.381. The van der Waals surface area contributed by atoms with Crippen LogP contribution in [0.15, 0.2) is 23.4 Å². The second-order valence-corrected chi connectivity index (χ2v) is 9.31. The lowest BCUT2D eigenvalue weighted by Crippen LogP contribution is -2.14. The number of carbonyl (C=O) groups is 1. The quantitative estimate of drug-likeness (QED) is 0.577. The summed E-state index contributed by atoms with van der Waals surface area (Å²) in [5.41, 5.74) is 4.85. The molecule has 3 aromatic rings. The summed E-state index contributed by atoms with van der Waals surface area (Å²) in [5, 5.41) is 14.0. The maximum atomic E-state index is 12.5. The van der Waals surface area contributed by atoms with Gasteiger partial charge < -0.3 is 10.3 Å². The van der Waals surface area contributed by atoms with Crippen molar-refractivity contribution in [2.75, 3.05) is 11.1 Å². The van der Waals surface area contributed by atoms with Gasteiger partial charge in [-0.25, -0.2) is 4.98 Å². The van der Waals surface area contributed by atoms with Crippen molar-refractivity contribution in [3.63, 3.8) is 0 Å².